The van der Waals surface area contributed by atoms with Gasteiger partial charge in [0, 0.05) is 13.1 Å². The first-order chi connectivity index (χ1) is 9.08. The Morgan fingerprint density at radius 2 is 1.79 bits per heavy atom. The lowest BCUT2D eigenvalue weighted by Gasteiger charge is -2.06. The molecule has 0 saturated carbocycles. The van der Waals surface area contributed by atoms with Gasteiger partial charge in [-0.25, -0.2) is 9.37 Å². The van der Waals surface area contributed by atoms with Crippen LogP contribution in [-0.2, 0) is 7.05 Å². The Bertz CT molecular complexity index is 760. The van der Waals surface area contributed by atoms with E-state index in [1.807, 2.05) is 0 Å². The van der Waals surface area contributed by atoms with Gasteiger partial charge in [-0.05, 0) is 24.3 Å². The van der Waals surface area contributed by atoms with Gasteiger partial charge in [-0.3, -0.25) is 0 Å². The van der Waals surface area contributed by atoms with Crippen molar-refractivity contribution in [2.45, 2.75) is 0 Å². The lowest BCUT2D eigenvalue weighted by atomic mass is 10.1. The minimum atomic E-state index is -0.376. The fourth-order valence-electron chi connectivity index (χ4n) is 2.15. The largest absolute Gasteiger partial charge is 0.507 e. The number of hydrogen-bond donors (Lipinski definition) is 2. The highest BCUT2D eigenvalue weighted by Gasteiger charge is 2.17. The van der Waals surface area contributed by atoms with Gasteiger partial charge >= 0.3 is 0 Å². The van der Waals surface area contributed by atoms with Crippen molar-refractivity contribution in [2.75, 3.05) is 0 Å². The van der Waals surface area contributed by atoms with Crippen LogP contribution in [0, 0.1) is 5.82 Å². The monoisotopic (exact) mass is 258 g/mol. The maximum absolute atomic E-state index is 13.2. The lowest BCUT2D eigenvalue weighted by molar-refractivity contribution is 0.453. The van der Waals surface area contributed by atoms with E-state index in [1.54, 1.807) is 17.7 Å². The van der Waals surface area contributed by atoms with Gasteiger partial charge in [0.1, 0.15) is 28.7 Å². The first-order valence-electron chi connectivity index (χ1n) is 5.71. The molecule has 3 rings (SSSR count). The first kappa shape index (κ1) is 11.5. The highest BCUT2D eigenvalue weighted by atomic mass is 19.1. The number of aromatic hydroxyl groups is 2. The molecule has 0 amide bonds. The Hall–Kier alpha value is -2.56. The molecule has 2 aromatic carbocycles. The van der Waals surface area contributed by atoms with Crippen LogP contribution in [0.1, 0.15) is 0 Å². The number of aryl methyl sites for hydroxylation is 1. The van der Waals surface area contributed by atoms with Gasteiger partial charge in [-0.1, -0.05) is 6.07 Å². The van der Waals surface area contributed by atoms with E-state index in [0.717, 1.165) is 5.52 Å². The van der Waals surface area contributed by atoms with Crippen molar-refractivity contribution in [3.8, 4) is 22.9 Å². The number of aromatic nitrogens is 2. The third kappa shape index (κ3) is 1.71. The van der Waals surface area contributed by atoms with Crippen LogP contribution in [-0.4, -0.2) is 19.8 Å². The fourth-order valence-corrected chi connectivity index (χ4v) is 2.15. The zero-order valence-corrected chi connectivity index (χ0v) is 10.1. The second-order valence-electron chi connectivity index (χ2n) is 4.30. The molecule has 0 saturated heterocycles. The normalized spacial score (nSPS) is 11.1. The molecule has 0 unspecified atom stereocenters. The molecule has 19 heavy (non-hydrogen) atoms. The number of halogens is 1. The molecule has 1 aromatic heterocycles. The summed E-state index contributed by atoms with van der Waals surface area (Å²) in [6.07, 6.45) is 0. The summed E-state index contributed by atoms with van der Waals surface area (Å²) >= 11 is 0. The maximum Gasteiger partial charge on any atom is 0.148 e. The molecule has 0 aliphatic rings. The molecule has 0 fully saturated rings. The van der Waals surface area contributed by atoms with Gasteiger partial charge in [0.15, 0.2) is 0 Å². The molecule has 3 aromatic rings. The quantitative estimate of drug-likeness (QED) is 0.705. The number of imidazole rings is 1. The molecule has 0 atom stereocenters. The van der Waals surface area contributed by atoms with Crippen molar-refractivity contribution in [1.29, 1.82) is 0 Å². The molecular formula is C14H11FN2O2. The average Bonchev–Trinajstić information content (AvgIpc) is 2.66. The van der Waals surface area contributed by atoms with E-state index in [9.17, 15) is 14.6 Å². The number of fused-ring (bicyclic) bond motifs is 1. The molecule has 0 bridgehead atoms. The summed E-state index contributed by atoms with van der Waals surface area (Å²) in [5.74, 6) is -0.132. The van der Waals surface area contributed by atoms with E-state index in [4.69, 9.17) is 0 Å². The summed E-state index contributed by atoms with van der Waals surface area (Å²) in [4.78, 5) is 4.27. The summed E-state index contributed by atoms with van der Waals surface area (Å²) in [7, 11) is 1.74. The summed E-state index contributed by atoms with van der Waals surface area (Å²) in [6.45, 7) is 0. The zero-order chi connectivity index (χ0) is 13.6. The van der Waals surface area contributed by atoms with E-state index < -0.39 is 0 Å². The summed E-state index contributed by atoms with van der Waals surface area (Å²) < 4.78 is 14.9. The van der Waals surface area contributed by atoms with Crippen LogP contribution in [0.25, 0.3) is 22.4 Å². The topological polar surface area (TPSA) is 58.3 Å². The van der Waals surface area contributed by atoms with E-state index in [2.05, 4.69) is 4.98 Å². The zero-order valence-electron chi connectivity index (χ0n) is 10.1. The van der Waals surface area contributed by atoms with Crippen molar-refractivity contribution in [3.63, 3.8) is 0 Å². The van der Waals surface area contributed by atoms with Crippen molar-refractivity contribution in [2.24, 2.45) is 7.05 Å². The minimum absolute atomic E-state index is 0.0705. The van der Waals surface area contributed by atoms with Crippen molar-refractivity contribution < 1.29 is 14.6 Å². The van der Waals surface area contributed by atoms with Gasteiger partial charge in [0.05, 0.1) is 11.0 Å². The Morgan fingerprint density at radius 3 is 2.47 bits per heavy atom. The van der Waals surface area contributed by atoms with E-state index in [1.165, 1.54) is 30.3 Å². The first-order valence-corrected chi connectivity index (χ1v) is 5.71. The highest BCUT2D eigenvalue weighted by molar-refractivity contribution is 5.83. The highest BCUT2D eigenvalue weighted by Crippen LogP contribution is 2.37. The Balaban J connectivity index is 2.34. The SMILES string of the molecule is Cn1c(-c2c(O)cccc2O)nc2cc(F)ccc21. The van der Waals surface area contributed by atoms with E-state index in [0.29, 0.717) is 11.3 Å². The standard InChI is InChI=1S/C14H11FN2O2/c1-17-10-6-5-8(15)7-9(10)16-14(17)13-11(18)3-2-4-12(13)19/h2-7,18-19H,1H3. The third-order valence-electron chi connectivity index (χ3n) is 3.09. The predicted molar refractivity (Wildman–Crippen MR) is 69.4 cm³/mol. The second-order valence-corrected chi connectivity index (χ2v) is 4.30. The van der Waals surface area contributed by atoms with Crippen molar-refractivity contribution >= 4 is 11.0 Å². The molecule has 0 spiro atoms. The van der Waals surface area contributed by atoms with Gasteiger partial charge in [-0.2, -0.15) is 0 Å². The molecule has 2 N–H and O–H groups in total. The second kappa shape index (κ2) is 3.98. The number of rotatable bonds is 1. The molecule has 0 radical (unpaired) electrons. The summed E-state index contributed by atoms with van der Waals surface area (Å²) in [5, 5.41) is 19.7. The van der Waals surface area contributed by atoms with Crippen molar-refractivity contribution in [3.05, 3.63) is 42.2 Å². The van der Waals surface area contributed by atoms with Crippen LogP contribution >= 0.6 is 0 Å². The van der Waals surface area contributed by atoms with Gasteiger partial charge in [0.2, 0.25) is 0 Å². The van der Waals surface area contributed by atoms with E-state index >= 15 is 0 Å². The fraction of sp³-hybridized carbons (Fsp3) is 0.0714. The van der Waals surface area contributed by atoms with Crippen LogP contribution in [0.3, 0.4) is 0 Å². The van der Waals surface area contributed by atoms with E-state index in [-0.39, 0.29) is 22.9 Å². The molecule has 0 aliphatic heterocycles. The smallest absolute Gasteiger partial charge is 0.148 e. The minimum Gasteiger partial charge on any atom is -0.507 e. The average molecular weight is 258 g/mol. The third-order valence-corrected chi connectivity index (χ3v) is 3.09. The van der Waals surface area contributed by atoms with Crippen LogP contribution in [0.15, 0.2) is 36.4 Å². The van der Waals surface area contributed by atoms with Crippen LogP contribution < -0.4 is 0 Å². The molecule has 5 heteroatoms. The number of phenolic OH excluding ortho intramolecular Hbond substituents is 2. The molecular weight excluding hydrogens is 247 g/mol. The number of hydrogen-bond acceptors (Lipinski definition) is 3. The number of benzene rings is 2. The molecule has 4 nitrogen and oxygen atoms in total. The summed E-state index contributed by atoms with van der Waals surface area (Å²) in [5.41, 5.74) is 1.43. The molecule has 1 heterocycles. The number of phenols is 2. The van der Waals surface area contributed by atoms with Gasteiger partial charge in [-0.15, -0.1) is 0 Å². The van der Waals surface area contributed by atoms with Crippen LogP contribution in [0.5, 0.6) is 11.5 Å². The Labute approximate surface area is 108 Å². The predicted octanol–water partition coefficient (Wildman–Crippen LogP) is 2.79. The molecule has 96 valence electrons. The number of nitrogens with zero attached hydrogens (tertiary/aromatic N) is 2. The van der Waals surface area contributed by atoms with Crippen molar-refractivity contribution in [1.82, 2.24) is 9.55 Å². The van der Waals surface area contributed by atoms with Crippen LogP contribution in [0.4, 0.5) is 4.39 Å². The Kier molecular flexibility index (Phi) is 2.41. The van der Waals surface area contributed by atoms with Gasteiger partial charge < -0.3 is 14.8 Å². The molecule has 0 aliphatic carbocycles. The lowest BCUT2D eigenvalue weighted by Crippen LogP contribution is -1.93. The van der Waals surface area contributed by atoms with Gasteiger partial charge in [0.25, 0.3) is 0 Å². The van der Waals surface area contributed by atoms with Crippen LogP contribution in [0.2, 0.25) is 0 Å². The summed E-state index contributed by atoms with van der Waals surface area (Å²) in [6, 6.07) is 8.74. The Morgan fingerprint density at radius 1 is 1.11 bits per heavy atom. The maximum atomic E-state index is 13.2.